The van der Waals surface area contributed by atoms with Gasteiger partial charge in [-0.05, 0) is 48.9 Å². The van der Waals surface area contributed by atoms with E-state index in [0.717, 1.165) is 16.0 Å². The fourth-order valence-electron chi connectivity index (χ4n) is 3.43. The summed E-state index contributed by atoms with van der Waals surface area (Å²) in [5.41, 5.74) is 2.72. The number of carbonyl (C=O) groups excluding carboxylic acids is 3. The average Bonchev–Trinajstić information content (AvgIpc) is 3.38. The molecule has 2 heterocycles. The van der Waals surface area contributed by atoms with Crippen molar-refractivity contribution in [2.24, 2.45) is 0 Å². The first-order valence-electron chi connectivity index (χ1n) is 10.3. The lowest BCUT2D eigenvalue weighted by atomic mass is 10.1. The molecule has 0 unspecified atom stereocenters. The molecule has 2 aromatic carbocycles. The molecule has 34 heavy (non-hydrogen) atoms. The Labute approximate surface area is 200 Å². The number of halogens is 1. The van der Waals surface area contributed by atoms with Crippen molar-refractivity contribution in [3.8, 4) is 5.75 Å². The highest BCUT2D eigenvalue weighted by atomic mass is 35.5. The van der Waals surface area contributed by atoms with Crippen LogP contribution in [0.1, 0.15) is 33.0 Å². The standard InChI is InChI=1S/C25H21ClN2O6/c1-15-4-3-5-16(10-15)14-33-21-8-6-18(26)11-17(21)12-20-23(29)28(25(31)27-20)13-19-7-9-22(34-19)24(30)32-2/h3-12H,13-14H2,1-2H3,(H,27,31)/b20-12-. The van der Waals surface area contributed by atoms with Crippen molar-refractivity contribution < 1.29 is 28.3 Å². The van der Waals surface area contributed by atoms with Crippen LogP contribution in [0.5, 0.6) is 5.75 Å². The molecule has 0 radical (unpaired) electrons. The number of imide groups is 1. The van der Waals surface area contributed by atoms with E-state index >= 15 is 0 Å². The number of esters is 1. The van der Waals surface area contributed by atoms with Gasteiger partial charge in [-0.2, -0.15) is 0 Å². The zero-order valence-corrected chi connectivity index (χ0v) is 19.2. The third-order valence-corrected chi connectivity index (χ3v) is 5.31. The second-order valence-electron chi connectivity index (χ2n) is 7.60. The number of hydrogen-bond donors (Lipinski definition) is 1. The maximum atomic E-state index is 12.9. The Morgan fingerprint density at radius 3 is 2.74 bits per heavy atom. The highest BCUT2D eigenvalue weighted by Crippen LogP contribution is 2.28. The van der Waals surface area contributed by atoms with Crippen LogP contribution >= 0.6 is 11.6 Å². The van der Waals surface area contributed by atoms with E-state index in [1.807, 2.05) is 31.2 Å². The summed E-state index contributed by atoms with van der Waals surface area (Å²) >= 11 is 6.16. The van der Waals surface area contributed by atoms with Gasteiger partial charge in [0, 0.05) is 10.6 Å². The van der Waals surface area contributed by atoms with Crippen molar-refractivity contribution in [2.75, 3.05) is 7.11 Å². The van der Waals surface area contributed by atoms with E-state index in [1.165, 1.54) is 25.3 Å². The summed E-state index contributed by atoms with van der Waals surface area (Å²) in [7, 11) is 1.23. The lowest BCUT2D eigenvalue weighted by Gasteiger charge is -2.11. The number of methoxy groups -OCH3 is 1. The molecule has 1 fully saturated rings. The molecule has 0 bridgehead atoms. The fourth-order valence-corrected chi connectivity index (χ4v) is 3.61. The molecular formula is C25H21ClN2O6. The van der Waals surface area contributed by atoms with Gasteiger partial charge in [0.05, 0.1) is 13.7 Å². The molecule has 0 aliphatic carbocycles. The number of nitrogens with zero attached hydrogens (tertiary/aromatic N) is 1. The van der Waals surface area contributed by atoms with E-state index in [0.29, 0.717) is 22.9 Å². The SMILES string of the molecule is COC(=O)c1ccc(CN2C(=O)N/C(=C\c3cc(Cl)ccc3OCc3cccc(C)c3)C2=O)o1. The van der Waals surface area contributed by atoms with Gasteiger partial charge in [0.15, 0.2) is 0 Å². The molecular weight excluding hydrogens is 460 g/mol. The molecule has 3 amide bonds. The van der Waals surface area contributed by atoms with Crippen LogP contribution in [0.3, 0.4) is 0 Å². The van der Waals surface area contributed by atoms with Crippen molar-refractivity contribution in [1.29, 1.82) is 0 Å². The molecule has 174 valence electrons. The van der Waals surface area contributed by atoms with Crippen LogP contribution in [0, 0.1) is 6.92 Å². The van der Waals surface area contributed by atoms with E-state index in [-0.39, 0.29) is 23.8 Å². The zero-order valence-electron chi connectivity index (χ0n) is 18.5. The number of nitrogens with one attached hydrogen (secondary N) is 1. The Balaban J connectivity index is 1.52. The predicted molar refractivity (Wildman–Crippen MR) is 124 cm³/mol. The minimum Gasteiger partial charge on any atom is -0.488 e. The summed E-state index contributed by atoms with van der Waals surface area (Å²) < 4.78 is 15.9. The van der Waals surface area contributed by atoms with Gasteiger partial charge in [0.2, 0.25) is 5.76 Å². The van der Waals surface area contributed by atoms with Crippen LogP contribution in [-0.4, -0.2) is 29.9 Å². The fraction of sp³-hybridized carbons (Fsp3) is 0.160. The Kier molecular flexibility index (Phi) is 6.70. The van der Waals surface area contributed by atoms with Gasteiger partial charge in [-0.15, -0.1) is 0 Å². The Morgan fingerprint density at radius 2 is 1.97 bits per heavy atom. The number of ether oxygens (including phenoxy) is 2. The quantitative estimate of drug-likeness (QED) is 0.299. The largest absolute Gasteiger partial charge is 0.488 e. The van der Waals surface area contributed by atoms with Gasteiger partial charge in [-0.3, -0.25) is 9.69 Å². The normalized spacial score (nSPS) is 14.4. The van der Waals surface area contributed by atoms with Crippen LogP contribution in [0.15, 0.2) is 64.7 Å². The number of urea groups is 1. The zero-order chi connectivity index (χ0) is 24.2. The maximum Gasteiger partial charge on any atom is 0.373 e. The van der Waals surface area contributed by atoms with Crippen molar-refractivity contribution in [3.63, 3.8) is 0 Å². The first-order valence-corrected chi connectivity index (χ1v) is 10.7. The molecule has 3 aromatic rings. The van der Waals surface area contributed by atoms with Gasteiger partial charge in [-0.25, -0.2) is 9.59 Å². The molecule has 1 aromatic heterocycles. The summed E-state index contributed by atoms with van der Waals surface area (Å²) in [6.07, 6.45) is 1.51. The monoisotopic (exact) mass is 480 g/mol. The predicted octanol–water partition coefficient (Wildman–Crippen LogP) is 4.70. The number of amides is 3. The topological polar surface area (TPSA) is 98.1 Å². The minimum atomic E-state index is -0.650. The molecule has 1 saturated heterocycles. The smallest absolute Gasteiger partial charge is 0.373 e. The van der Waals surface area contributed by atoms with Gasteiger partial charge in [0.1, 0.15) is 23.8 Å². The van der Waals surface area contributed by atoms with Gasteiger partial charge in [0.25, 0.3) is 5.91 Å². The maximum absolute atomic E-state index is 12.9. The molecule has 4 rings (SSSR count). The molecule has 8 nitrogen and oxygen atoms in total. The summed E-state index contributed by atoms with van der Waals surface area (Å²) in [5, 5.41) is 3.01. The number of carbonyl (C=O) groups is 3. The third-order valence-electron chi connectivity index (χ3n) is 5.07. The van der Waals surface area contributed by atoms with E-state index in [1.54, 1.807) is 18.2 Å². The van der Waals surface area contributed by atoms with Gasteiger partial charge < -0.3 is 19.2 Å². The highest BCUT2D eigenvalue weighted by Gasteiger charge is 2.34. The van der Waals surface area contributed by atoms with Gasteiger partial charge >= 0.3 is 12.0 Å². The molecule has 0 atom stereocenters. The molecule has 9 heteroatoms. The molecule has 0 saturated carbocycles. The third kappa shape index (κ3) is 5.13. The van der Waals surface area contributed by atoms with Gasteiger partial charge in [-0.1, -0.05) is 41.4 Å². The summed E-state index contributed by atoms with van der Waals surface area (Å²) in [5.74, 6) is -0.453. The van der Waals surface area contributed by atoms with E-state index in [2.05, 4.69) is 10.1 Å². The van der Waals surface area contributed by atoms with Crippen LogP contribution < -0.4 is 10.1 Å². The number of hydrogen-bond acceptors (Lipinski definition) is 6. The van der Waals surface area contributed by atoms with E-state index in [9.17, 15) is 14.4 Å². The Bertz CT molecular complexity index is 1300. The number of furan rings is 1. The van der Waals surface area contributed by atoms with Crippen molar-refractivity contribution in [1.82, 2.24) is 10.2 Å². The van der Waals surface area contributed by atoms with Crippen molar-refractivity contribution >= 4 is 35.6 Å². The second-order valence-corrected chi connectivity index (χ2v) is 8.03. The molecule has 1 N–H and O–H groups in total. The summed E-state index contributed by atoms with van der Waals surface area (Å²) in [6.45, 7) is 2.18. The van der Waals surface area contributed by atoms with E-state index < -0.39 is 17.9 Å². The second kappa shape index (κ2) is 9.84. The molecule has 1 aliphatic heterocycles. The van der Waals surface area contributed by atoms with Crippen LogP contribution in [0.2, 0.25) is 5.02 Å². The first-order chi connectivity index (χ1) is 16.3. The van der Waals surface area contributed by atoms with Crippen LogP contribution in [0.4, 0.5) is 4.79 Å². The lowest BCUT2D eigenvalue weighted by molar-refractivity contribution is -0.123. The summed E-state index contributed by atoms with van der Waals surface area (Å²) in [6, 6.07) is 15.3. The Hall–Kier alpha value is -4.04. The number of rotatable bonds is 7. The average molecular weight is 481 g/mol. The number of benzene rings is 2. The first kappa shape index (κ1) is 23.1. The summed E-state index contributed by atoms with van der Waals surface area (Å²) in [4.78, 5) is 37.9. The molecule has 0 spiro atoms. The minimum absolute atomic E-state index is 0.0188. The Morgan fingerprint density at radius 1 is 1.15 bits per heavy atom. The van der Waals surface area contributed by atoms with Crippen LogP contribution in [-0.2, 0) is 22.7 Å². The lowest BCUT2D eigenvalue weighted by Crippen LogP contribution is -2.30. The molecule has 1 aliphatic rings. The van der Waals surface area contributed by atoms with Crippen molar-refractivity contribution in [3.05, 3.63) is 93.5 Å². The van der Waals surface area contributed by atoms with Crippen LogP contribution in [0.25, 0.3) is 6.08 Å². The van der Waals surface area contributed by atoms with Crippen molar-refractivity contribution in [2.45, 2.75) is 20.1 Å². The van der Waals surface area contributed by atoms with E-state index in [4.69, 9.17) is 20.8 Å². The number of aryl methyl sites for hydroxylation is 1. The highest BCUT2D eigenvalue weighted by molar-refractivity contribution is 6.30.